The van der Waals surface area contributed by atoms with Gasteiger partial charge in [-0.25, -0.2) is 0 Å². The number of halogens is 1. The van der Waals surface area contributed by atoms with E-state index in [1.807, 2.05) is 31.2 Å². The van der Waals surface area contributed by atoms with Gasteiger partial charge in [-0.05, 0) is 24.6 Å². The lowest BCUT2D eigenvalue weighted by atomic mass is 10.2. The molecule has 1 aromatic carbocycles. The van der Waals surface area contributed by atoms with Gasteiger partial charge in [-0.2, -0.15) is 5.10 Å². The topological polar surface area (TPSA) is 72.9 Å². The molecule has 0 fully saturated rings. The second-order valence-electron chi connectivity index (χ2n) is 3.98. The normalized spacial score (nSPS) is 10.3. The van der Waals surface area contributed by atoms with Crippen molar-refractivity contribution in [3.63, 3.8) is 0 Å². The lowest BCUT2D eigenvalue weighted by molar-refractivity contribution is -0.116. The molecule has 0 saturated carbocycles. The van der Waals surface area contributed by atoms with E-state index in [9.17, 15) is 4.79 Å². The molecule has 18 heavy (non-hydrogen) atoms. The summed E-state index contributed by atoms with van der Waals surface area (Å²) in [7, 11) is 0. The minimum Gasteiger partial charge on any atom is -0.381 e. The third-order valence-electron chi connectivity index (χ3n) is 2.35. The van der Waals surface area contributed by atoms with Crippen molar-refractivity contribution in [2.45, 2.75) is 13.5 Å². The van der Waals surface area contributed by atoms with Crippen LogP contribution in [0.2, 0.25) is 5.02 Å². The van der Waals surface area contributed by atoms with Gasteiger partial charge in [-0.3, -0.25) is 9.48 Å². The SMILES string of the molecule is Cc1cccc(NC(=O)Cn2cc(Cl)c(N)n2)c1. The number of hydrogen-bond donors (Lipinski definition) is 2. The number of nitrogens with one attached hydrogen (secondary N) is 1. The predicted molar refractivity (Wildman–Crippen MR) is 71.5 cm³/mol. The van der Waals surface area contributed by atoms with Gasteiger partial charge >= 0.3 is 0 Å². The standard InChI is InChI=1S/C12H13ClN4O/c1-8-3-2-4-9(5-8)15-11(18)7-17-6-10(13)12(14)16-17/h2-6H,7H2,1H3,(H2,14,16)(H,15,18). The fourth-order valence-electron chi connectivity index (χ4n) is 1.56. The summed E-state index contributed by atoms with van der Waals surface area (Å²) in [5.74, 6) is 0.0415. The summed E-state index contributed by atoms with van der Waals surface area (Å²) < 4.78 is 1.41. The highest BCUT2D eigenvalue weighted by molar-refractivity contribution is 6.32. The molecule has 0 radical (unpaired) electrons. The Balaban J connectivity index is 2.01. The van der Waals surface area contributed by atoms with Crippen LogP contribution in [-0.4, -0.2) is 15.7 Å². The molecule has 0 aliphatic heterocycles. The van der Waals surface area contributed by atoms with Crippen LogP contribution in [0.15, 0.2) is 30.5 Å². The molecule has 6 heteroatoms. The number of hydrogen-bond acceptors (Lipinski definition) is 3. The Bertz CT molecular complexity index is 560. The minimum atomic E-state index is -0.181. The average molecular weight is 265 g/mol. The van der Waals surface area contributed by atoms with Gasteiger partial charge in [-0.15, -0.1) is 0 Å². The van der Waals surface area contributed by atoms with E-state index >= 15 is 0 Å². The molecule has 2 rings (SSSR count). The van der Waals surface area contributed by atoms with Crippen LogP contribution in [0.4, 0.5) is 11.5 Å². The number of anilines is 2. The minimum absolute atomic E-state index is 0.0743. The molecule has 0 saturated heterocycles. The molecule has 0 aliphatic rings. The Kier molecular flexibility index (Phi) is 3.53. The van der Waals surface area contributed by atoms with Crippen LogP contribution in [-0.2, 0) is 11.3 Å². The summed E-state index contributed by atoms with van der Waals surface area (Å²) in [4.78, 5) is 11.8. The molecule has 3 N–H and O–H groups in total. The first-order chi connectivity index (χ1) is 8.54. The maximum absolute atomic E-state index is 11.8. The van der Waals surface area contributed by atoms with Gasteiger partial charge in [0.15, 0.2) is 5.82 Å². The molecule has 1 amide bonds. The molecule has 0 unspecified atom stereocenters. The zero-order valence-electron chi connectivity index (χ0n) is 9.85. The lowest BCUT2D eigenvalue weighted by Crippen LogP contribution is -2.19. The lowest BCUT2D eigenvalue weighted by Gasteiger charge is -2.05. The number of benzene rings is 1. The highest BCUT2D eigenvalue weighted by atomic mass is 35.5. The van der Waals surface area contributed by atoms with Crippen molar-refractivity contribution in [1.82, 2.24) is 9.78 Å². The van der Waals surface area contributed by atoms with E-state index < -0.39 is 0 Å². The summed E-state index contributed by atoms with van der Waals surface area (Å²) in [6.07, 6.45) is 1.52. The highest BCUT2D eigenvalue weighted by Crippen LogP contribution is 2.15. The molecule has 94 valence electrons. The Morgan fingerprint density at radius 3 is 2.94 bits per heavy atom. The molecule has 0 aliphatic carbocycles. The van der Waals surface area contributed by atoms with Crippen molar-refractivity contribution < 1.29 is 4.79 Å². The molecule has 5 nitrogen and oxygen atoms in total. The van der Waals surface area contributed by atoms with E-state index in [4.69, 9.17) is 17.3 Å². The van der Waals surface area contributed by atoms with E-state index in [2.05, 4.69) is 10.4 Å². The van der Waals surface area contributed by atoms with Gasteiger partial charge in [0.05, 0.1) is 0 Å². The molecule has 1 aromatic heterocycles. The van der Waals surface area contributed by atoms with Crippen LogP contribution in [0, 0.1) is 6.92 Å². The summed E-state index contributed by atoms with van der Waals surface area (Å²) in [6, 6.07) is 7.56. The molecule has 0 bridgehead atoms. The van der Waals surface area contributed by atoms with Crippen molar-refractivity contribution in [2.75, 3.05) is 11.1 Å². The number of amides is 1. The second-order valence-corrected chi connectivity index (χ2v) is 4.38. The zero-order valence-corrected chi connectivity index (χ0v) is 10.6. The number of nitrogens with two attached hydrogens (primary N) is 1. The van der Waals surface area contributed by atoms with Crippen molar-refractivity contribution in [2.24, 2.45) is 0 Å². The third kappa shape index (κ3) is 3.01. The maximum Gasteiger partial charge on any atom is 0.246 e. The first-order valence-electron chi connectivity index (χ1n) is 5.39. The number of nitrogen functional groups attached to an aromatic ring is 1. The van der Waals surface area contributed by atoms with E-state index in [0.717, 1.165) is 11.3 Å². The van der Waals surface area contributed by atoms with Gasteiger partial charge in [0.1, 0.15) is 11.6 Å². The van der Waals surface area contributed by atoms with Crippen LogP contribution < -0.4 is 11.1 Å². The van der Waals surface area contributed by atoms with E-state index in [1.165, 1.54) is 10.9 Å². The number of carbonyl (C=O) groups is 1. The van der Waals surface area contributed by atoms with Crippen LogP contribution in [0.1, 0.15) is 5.56 Å². The van der Waals surface area contributed by atoms with Crippen molar-refractivity contribution in [3.8, 4) is 0 Å². The van der Waals surface area contributed by atoms with Gasteiger partial charge in [0.2, 0.25) is 5.91 Å². The van der Waals surface area contributed by atoms with E-state index in [0.29, 0.717) is 5.02 Å². The van der Waals surface area contributed by atoms with Gasteiger partial charge < -0.3 is 11.1 Å². The third-order valence-corrected chi connectivity index (χ3v) is 2.64. The quantitative estimate of drug-likeness (QED) is 0.891. The Morgan fingerprint density at radius 1 is 1.56 bits per heavy atom. The van der Waals surface area contributed by atoms with Crippen molar-refractivity contribution >= 4 is 29.0 Å². The number of aromatic nitrogens is 2. The Labute approximate surface area is 110 Å². The highest BCUT2D eigenvalue weighted by Gasteiger charge is 2.07. The summed E-state index contributed by atoms with van der Waals surface area (Å²) in [6.45, 7) is 2.04. The largest absolute Gasteiger partial charge is 0.381 e. The molecular formula is C12H13ClN4O. The van der Waals surface area contributed by atoms with Crippen LogP contribution in [0.3, 0.4) is 0 Å². The number of aryl methyl sites for hydroxylation is 1. The van der Waals surface area contributed by atoms with Gasteiger partial charge in [0.25, 0.3) is 0 Å². The van der Waals surface area contributed by atoms with Gasteiger partial charge in [0, 0.05) is 11.9 Å². The second kappa shape index (κ2) is 5.10. The van der Waals surface area contributed by atoms with Crippen LogP contribution >= 0.6 is 11.6 Å². The van der Waals surface area contributed by atoms with Crippen LogP contribution in [0.5, 0.6) is 0 Å². The first-order valence-corrected chi connectivity index (χ1v) is 5.77. The fraction of sp³-hybridized carbons (Fsp3) is 0.167. The molecule has 2 aromatic rings. The van der Waals surface area contributed by atoms with Crippen molar-refractivity contribution in [3.05, 3.63) is 41.0 Å². The Hall–Kier alpha value is -2.01. The van der Waals surface area contributed by atoms with Gasteiger partial charge in [-0.1, -0.05) is 23.7 Å². The monoisotopic (exact) mass is 264 g/mol. The number of nitrogens with zero attached hydrogens (tertiary/aromatic N) is 2. The van der Waals surface area contributed by atoms with Crippen molar-refractivity contribution in [1.29, 1.82) is 0 Å². The number of carbonyl (C=O) groups excluding carboxylic acids is 1. The van der Waals surface area contributed by atoms with Crippen LogP contribution in [0.25, 0.3) is 0 Å². The Morgan fingerprint density at radius 2 is 2.33 bits per heavy atom. The predicted octanol–water partition coefficient (Wildman–Crippen LogP) is 2.07. The molecule has 1 heterocycles. The molecular weight excluding hydrogens is 252 g/mol. The number of rotatable bonds is 3. The smallest absolute Gasteiger partial charge is 0.246 e. The maximum atomic E-state index is 11.8. The van der Waals surface area contributed by atoms with E-state index in [-0.39, 0.29) is 18.3 Å². The fourth-order valence-corrected chi connectivity index (χ4v) is 1.71. The summed E-state index contributed by atoms with van der Waals surface area (Å²) >= 11 is 5.75. The first kappa shape index (κ1) is 12.4. The molecule has 0 spiro atoms. The zero-order chi connectivity index (χ0) is 13.1. The summed E-state index contributed by atoms with van der Waals surface area (Å²) in [5, 5.41) is 7.03. The summed E-state index contributed by atoms with van der Waals surface area (Å²) in [5.41, 5.74) is 7.33. The molecule has 0 atom stereocenters. The van der Waals surface area contributed by atoms with E-state index in [1.54, 1.807) is 0 Å². The average Bonchev–Trinajstić information content (AvgIpc) is 2.57.